The topological polar surface area (TPSA) is 91.6 Å². The van der Waals surface area contributed by atoms with Gasteiger partial charge < -0.3 is 20.2 Å². The molecule has 1 aromatic carbocycles. The lowest BCUT2D eigenvalue weighted by atomic mass is 10.2. The second-order valence-electron chi connectivity index (χ2n) is 4.08. The van der Waals surface area contributed by atoms with Gasteiger partial charge in [0, 0.05) is 13.0 Å². The minimum atomic E-state index is -0.297. The van der Waals surface area contributed by atoms with Gasteiger partial charge in [0.1, 0.15) is 12.0 Å². The highest BCUT2D eigenvalue weighted by molar-refractivity contribution is 5.95. The van der Waals surface area contributed by atoms with Gasteiger partial charge in [-0.15, -0.1) is 0 Å². The monoisotopic (exact) mass is 274 g/mol. The lowest BCUT2D eigenvalue weighted by Crippen LogP contribution is -2.27. The minimum Gasteiger partial charge on any atom is -0.506 e. The number of aromatic hydroxyl groups is 1. The van der Waals surface area contributed by atoms with Crippen molar-refractivity contribution in [1.82, 2.24) is 5.32 Å². The minimum absolute atomic E-state index is 0.00304. The lowest BCUT2D eigenvalue weighted by Gasteiger charge is -2.07. The van der Waals surface area contributed by atoms with E-state index in [1.165, 1.54) is 24.7 Å². The van der Waals surface area contributed by atoms with Gasteiger partial charge in [0.05, 0.1) is 17.5 Å². The Hall–Kier alpha value is -2.76. The van der Waals surface area contributed by atoms with Crippen LogP contribution >= 0.6 is 0 Å². The molecular weight excluding hydrogens is 260 g/mol. The van der Waals surface area contributed by atoms with E-state index in [1.54, 1.807) is 18.2 Å². The predicted octanol–water partition coefficient (Wildman–Crippen LogP) is 1.74. The maximum atomic E-state index is 11.6. The van der Waals surface area contributed by atoms with Crippen molar-refractivity contribution in [2.45, 2.75) is 6.42 Å². The SMILES string of the molecule is O=C(CCNC(=O)c1ccoc1)Nc1ccccc1O. The highest BCUT2D eigenvalue weighted by Crippen LogP contribution is 2.21. The Morgan fingerprint density at radius 2 is 2.00 bits per heavy atom. The van der Waals surface area contributed by atoms with Crippen molar-refractivity contribution in [2.75, 3.05) is 11.9 Å². The zero-order chi connectivity index (χ0) is 14.4. The molecule has 0 radical (unpaired) electrons. The number of amides is 2. The van der Waals surface area contributed by atoms with Gasteiger partial charge in [-0.1, -0.05) is 12.1 Å². The highest BCUT2D eigenvalue weighted by Gasteiger charge is 2.08. The van der Waals surface area contributed by atoms with Crippen molar-refractivity contribution in [2.24, 2.45) is 0 Å². The van der Waals surface area contributed by atoms with Crippen LogP contribution in [-0.2, 0) is 4.79 Å². The Morgan fingerprint density at radius 3 is 2.70 bits per heavy atom. The molecule has 0 spiro atoms. The number of phenols is 1. The summed E-state index contributed by atoms with van der Waals surface area (Å²) in [6, 6.07) is 7.98. The number of hydrogen-bond donors (Lipinski definition) is 3. The van der Waals surface area contributed by atoms with E-state index in [0.717, 1.165) is 0 Å². The number of carbonyl (C=O) groups excluding carboxylic acids is 2. The Kier molecular flexibility index (Phi) is 4.39. The van der Waals surface area contributed by atoms with Crippen LogP contribution in [0, 0.1) is 0 Å². The van der Waals surface area contributed by atoms with E-state index < -0.39 is 0 Å². The average Bonchev–Trinajstić information content (AvgIpc) is 2.95. The molecule has 0 saturated heterocycles. The Morgan fingerprint density at radius 1 is 1.20 bits per heavy atom. The molecule has 0 aliphatic carbocycles. The molecule has 0 aliphatic heterocycles. The van der Waals surface area contributed by atoms with Crippen molar-refractivity contribution in [3.8, 4) is 5.75 Å². The Labute approximate surface area is 115 Å². The molecule has 1 aromatic heterocycles. The molecule has 6 heteroatoms. The first-order valence-corrected chi connectivity index (χ1v) is 6.05. The van der Waals surface area contributed by atoms with Gasteiger partial charge in [0.15, 0.2) is 0 Å². The van der Waals surface area contributed by atoms with Crippen LogP contribution in [0.3, 0.4) is 0 Å². The molecule has 0 bridgehead atoms. The first-order chi connectivity index (χ1) is 9.66. The largest absolute Gasteiger partial charge is 0.506 e. The van der Waals surface area contributed by atoms with E-state index in [9.17, 15) is 14.7 Å². The number of hydrogen-bond acceptors (Lipinski definition) is 4. The number of anilines is 1. The first kappa shape index (κ1) is 13.7. The number of phenolic OH excluding ortho intramolecular Hbond substituents is 1. The fourth-order valence-electron chi connectivity index (χ4n) is 1.58. The van der Waals surface area contributed by atoms with Gasteiger partial charge in [-0.05, 0) is 18.2 Å². The fraction of sp³-hybridized carbons (Fsp3) is 0.143. The van der Waals surface area contributed by atoms with Crippen molar-refractivity contribution in [3.63, 3.8) is 0 Å². The molecule has 0 atom stereocenters. The third-order valence-corrected chi connectivity index (χ3v) is 2.60. The second-order valence-corrected chi connectivity index (χ2v) is 4.08. The summed E-state index contributed by atoms with van der Waals surface area (Å²) < 4.78 is 4.79. The number of rotatable bonds is 5. The zero-order valence-corrected chi connectivity index (χ0v) is 10.6. The number of nitrogens with one attached hydrogen (secondary N) is 2. The third-order valence-electron chi connectivity index (χ3n) is 2.60. The van der Waals surface area contributed by atoms with Crippen LogP contribution in [0.5, 0.6) is 5.75 Å². The molecule has 104 valence electrons. The van der Waals surface area contributed by atoms with Gasteiger partial charge in [-0.25, -0.2) is 0 Å². The predicted molar refractivity (Wildman–Crippen MR) is 72.4 cm³/mol. The summed E-state index contributed by atoms with van der Waals surface area (Å²) in [5.41, 5.74) is 0.754. The number of furan rings is 1. The summed E-state index contributed by atoms with van der Waals surface area (Å²) in [4.78, 5) is 23.2. The van der Waals surface area contributed by atoms with Gasteiger partial charge in [0.2, 0.25) is 5.91 Å². The molecule has 2 rings (SSSR count). The normalized spacial score (nSPS) is 10.0. The van der Waals surface area contributed by atoms with Crippen molar-refractivity contribution >= 4 is 17.5 Å². The second kappa shape index (κ2) is 6.42. The highest BCUT2D eigenvalue weighted by atomic mass is 16.3. The molecule has 1 heterocycles. The maximum absolute atomic E-state index is 11.6. The van der Waals surface area contributed by atoms with E-state index in [0.29, 0.717) is 11.3 Å². The third kappa shape index (κ3) is 3.61. The summed E-state index contributed by atoms with van der Waals surface area (Å²) in [5.74, 6) is -0.587. The molecule has 2 aromatic rings. The molecule has 0 unspecified atom stereocenters. The average molecular weight is 274 g/mol. The molecule has 0 saturated carbocycles. The quantitative estimate of drug-likeness (QED) is 0.724. The van der Waals surface area contributed by atoms with Crippen LogP contribution in [0.1, 0.15) is 16.8 Å². The van der Waals surface area contributed by atoms with Crippen LogP contribution in [0.25, 0.3) is 0 Å². The Balaban J connectivity index is 1.76. The van der Waals surface area contributed by atoms with Gasteiger partial charge in [-0.2, -0.15) is 0 Å². The van der Waals surface area contributed by atoms with Crippen LogP contribution in [0.2, 0.25) is 0 Å². The van der Waals surface area contributed by atoms with Gasteiger partial charge in [0.25, 0.3) is 5.91 Å². The molecule has 0 fully saturated rings. The van der Waals surface area contributed by atoms with E-state index in [2.05, 4.69) is 10.6 Å². The molecule has 3 N–H and O–H groups in total. The molecule has 20 heavy (non-hydrogen) atoms. The molecule has 0 aliphatic rings. The van der Waals surface area contributed by atoms with Crippen LogP contribution in [-0.4, -0.2) is 23.5 Å². The smallest absolute Gasteiger partial charge is 0.254 e. The summed E-state index contributed by atoms with van der Waals surface area (Å²) in [5, 5.41) is 14.7. The van der Waals surface area contributed by atoms with Gasteiger partial charge >= 0.3 is 0 Å². The van der Waals surface area contributed by atoms with Crippen molar-refractivity contribution in [3.05, 3.63) is 48.4 Å². The number of carbonyl (C=O) groups is 2. The van der Waals surface area contributed by atoms with Crippen LogP contribution < -0.4 is 10.6 Å². The Bertz CT molecular complexity index is 593. The standard InChI is InChI=1S/C14H14N2O4/c17-12-4-2-1-3-11(12)16-13(18)5-7-15-14(19)10-6-8-20-9-10/h1-4,6,8-9,17H,5,7H2,(H,15,19)(H,16,18). The van der Waals surface area contributed by atoms with Crippen molar-refractivity contribution < 1.29 is 19.1 Å². The summed E-state index contributed by atoms with van der Waals surface area (Å²) in [6.45, 7) is 0.198. The summed E-state index contributed by atoms with van der Waals surface area (Å²) >= 11 is 0. The molecular formula is C14H14N2O4. The fourth-order valence-corrected chi connectivity index (χ4v) is 1.58. The van der Waals surface area contributed by atoms with Gasteiger partial charge in [-0.3, -0.25) is 9.59 Å². The zero-order valence-electron chi connectivity index (χ0n) is 10.6. The maximum Gasteiger partial charge on any atom is 0.254 e. The van der Waals surface area contributed by atoms with Crippen LogP contribution in [0.4, 0.5) is 5.69 Å². The van der Waals surface area contributed by atoms with E-state index in [-0.39, 0.29) is 30.5 Å². The molecule has 2 amide bonds. The number of benzene rings is 1. The lowest BCUT2D eigenvalue weighted by molar-refractivity contribution is -0.116. The first-order valence-electron chi connectivity index (χ1n) is 6.05. The number of para-hydroxylation sites is 2. The van der Waals surface area contributed by atoms with E-state index in [4.69, 9.17) is 4.42 Å². The molecule has 6 nitrogen and oxygen atoms in total. The summed E-state index contributed by atoms with van der Waals surface area (Å²) in [7, 11) is 0. The summed E-state index contributed by atoms with van der Waals surface area (Å²) in [6.07, 6.45) is 2.84. The van der Waals surface area contributed by atoms with E-state index >= 15 is 0 Å². The van der Waals surface area contributed by atoms with Crippen molar-refractivity contribution in [1.29, 1.82) is 0 Å². The van der Waals surface area contributed by atoms with Crippen LogP contribution in [0.15, 0.2) is 47.3 Å². The van der Waals surface area contributed by atoms with E-state index in [1.807, 2.05) is 0 Å².